The van der Waals surface area contributed by atoms with Crippen LogP contribution in [0.3, 0.4) is 0 Å². The van der Waals surface area contributed by atoms with Gasteiger partial charge in [-0.25, -0.2) is 13.2 Å². The van der Waals surface area contributed by atoms with E-state index in [1.807, 2.05) is 0 Å². The molecule has 1 saturated carbocycles. The normalized spacial score (nSPS) is 23.2. The fraction of sp³-hybridized carbons (Fsp3) is 0.385. The lowest BCUT2D eigenvalue weighted by molar-refractivity contribution is -0.140. The standard InChI is InChI=1S/C13H12F3NO3/c1-13(2)7(8(13)12(19)20)11(18)17-6-4-3-5(14)9(15)10(6)16/h3-4,7-8H,1-2H3,(H,17,18)(H,19,20)/t7-,8+/m1/s1. The summed E-state index contributed by atoms with van der Waals surface area (Å²) in [6.07, 6.45) is 0. The largest absolute Gasteiger partial charge is 0.481 e. The van der Waals surface area contributed by atoms with Crippen molar-refractivity contribution in [2.45, 2.75) is 13.8 Å². The first-order valence-electron chi connectivity index (χ1n) is 5.85. The number of hydrogen-bond donors (Lipinski definition) is 2. The second kappa shape index (κ2) is 4.50. The molecule has 0 aliphatic heterocycles. The summed E-state index contributed by atoms with van der Waals surface area (Å²) < 4.78 is 39.2. The third-order valence-electron chi connectivity index (χ3n) is 3.67. The Morgan fingerprint density at radius 2 is 1.75 bits per heavy atom. The summed E-state index contributed by atoms with van der Waals surface area (Å²) in [7, 11) is 0. The molecule has 1 aliphatic carbocycles. The van der Waals surface area contributed by atoms with Crippen LogP contribution in [0.25, 0.3) is 0 Å². The summed E-state index contributed by atoms with van der Waals surface area (Å²) in [5.41, 5.74) is -1.27. The fourth-order valence-corrected chi connectivity index (χ4v) is 2.42. The Morgan fingerprint density at radius 1 is 1.15 bits per heavy atom. The lowest BCUT2D eigenvalue weighted by Crippen LogP contribution is -2.19. The smallest absolute Gasteiger partial charge is 0.307 e. The minimum Gasteiger partial charge on any atom is -0.481 e. The molecule has 108 valence electrons. The molecule has 1 aromatic rings. The molecule has 1 aliphatic rings. The van der Waals surface area contributed by atoms with Crippen molar-refractivity contribution in [3.05, 3.63) is 29.6 Å². The molecule has 0 saturated heterocycles. The third kappa shape index (κ3) is 2.13. The molecule has 7 heteroatoms. The van der Waals surface area contributed by atoms with Crippen molar-refractivity contribution in [2.24, 2.45) is 17.3 Å². The van der Waals surface area contributed by atoms with Crippen LogP contribution in [0.1, 0.15) is 13.8 Å². The topological polar surface area (TPSA) is 66.4 Å². The molecular weight excluding hydrogens is 275 g/mol. The number of carbonyl (C=O) groups excluding carboxylic acids is 1. The van der Waals surface area contributed by atoms with Gasteiger partial charge >= 0.3 is 5.97 Å². The van der Waals surface area contributed by atoms with Gasteiger partial charge in [-0.1, -0.05) is 13.8 Å². The summed E-state index contributed by atoms with van der Waals surface area (Å²) in [5.74, 6) is -8.14. The van der Waals surface area contributed by atoms with E-state index in [1.165, 1.54) is 0 Å². The van der Waals surface area contributed by atoms with Crippen LogP contribution in [0.15, 0.2) is 12.1 Å². The van der Waals surface area contributed by atoms with E-state index in [0.29, 0.717) is 6.07 Å². The lowest BCUT2D eigenvalue weighted by atomic mass is 10.1. The number of rotatable bonds is 3. The minimum atomic E-state index is -1.69. The van der Waals surface area contributed by atoms with Crippen molar-refractivity contribution in [2.75, 3.05) is 5.32 Å². The summed E-state index contributed by atoms with van der Waals surface area (Å²) in [5, 5.41) is 11.0. The zero-order valence-corrected chi connectivity index (χ0v) is 10.7. The first-order valence-corrected chi connectivity index (χ1v) is 5.85. The highest BCUT2D eigenvalue weighted by molar-refractivity contribution is 5.99. The van der Waals surface area contributed by atoms with E-state index in [2.05, 4.69) is 5.32 Å². The molecule has 0 spiro atoms. The van der Waals surface area contributed by atoms with E-state index in [9.17, 15) is 22.8 Å². The second-order valence-corrected chi connectivity index (χ2v) is 5.33. The Bertz CT molecular complexity index is 601. The molecule has 0 bridgehead atoms. The Hall–Kier alpha value is -2.05. The second-order valence-electron chi connectivity index (χ2n) is 5.33. The van der Waals surface area contributed by atoms with E-state index < -0.39 is 52.3 Å². The SMILES string of the molecule is CC1(C)[C@H](C(=O)O)[C@@H]1C(=O)Nc1ccc(F)c(F)c1F. The van der Waals surface area contributed by atoms with Crippen LogP contribution in [-0.2, 0) is 9.59 Å². The molecule has 4 nitrogen and oxygen atoms in total. The lowest BCUT2D eigenvalue weighted by Gasteiger charge is -2.08. The van der Waals surface area contributed by atoms with Gasteiger partial charge in [0.15, 0.2) is 17.5 Å². The number of carbonyl (C=O) groups is 2. The number of carboxylic acid groups (broad SMARTS) is 1. The Kier molecular flexibility index (Phi) is 3.23. The van der Waals surface area contributed by atoms with Crippen LogP contribution in [0, 0.1) is 34.7 Å². The average Bonchev–Trinajstić information content (AvgIpc) is 2.93. The van der Waals surface area contributed by atoms with Crippen molar-refractivity contribution >= 4 is 17.6 Å². The molecule has 0 unspecified atom stereocenters. The van der Waals surface area contributed by atoms with Gasteiger partial charge in [-0.15, -0.1) is 0 Å². The Morgan fingerprint density at radius 3 is 2.25 bits per heavy atom. The molecule has 0 aromatic heterocycles. The number of nitrogens with one attached hydrogen (secondary N) is 1. The van der Waals surface area contributed by atoms with Crippen molar-refractivity contribution in [1.29, 1.82) is 0 Å². The highest BCUT2D eigenvalue weighted by Gasteiger charge is 2.65. The van der Waals surface area contributed by atoms with Gasteiger partial charge in [0.2, 0.25) is 5.91 Å². The monoisotopic (exact) mass is 287 g/mol. The van der Waals surface area contributed by atoms with Crippen molar-refractivity contribution in [3.8, 4) is 0 Å². The van der Waals surface area contributed by atoms with Gasteiger partial charge in [-0.3, -0.25) is 9.59 Å². The van der Waals surface area contributed by atoms with Crippen molar-refractivity contribution < 1.29 is 27.9 Å². The van der Waals surface area contributed by atoms with Gasteiger partial charge in [0.25, 0.3) is 0 Å². The van der Waals surface area contributed by atoms with Crippen LogP contribution in [0.2, 0.25) is 0 Å². The van der Waals surface area contributed by atoms with Gasteiger partial charge < -0.3 is 10.4 Å². The van der Waals surface area contributed by atoms with Gasteiger partial charge in [-0.2, -0.15) is 0 Å². The molecular formula is C13H12F3NO3. The summed E-state index contributed by atoms with van der Waals surface area (Å²) in [6, 6.07) is 1.57. The number of hydrogen-bond acceptors (Lipinski definition) is 2. The van der Waals surface area contributed by atoms with E-state index in [4.69, 9.17) is 5.11 Å². The summed E-state index contributed by atoms with van der Waals surface area (Å²) >= 11 is 0. The molecule has 0 heterocycles. The highest BCUT2D eigenvalue weighted by Crippen LogP contribution is 2.58. The summed E-state index contributed by atoms with van der Waals surface area (Å²) in [6.45, 7) is 3.19. The zero-order chi connectivity index (χ0) is 15.2. The predicted octanol–water partition coefficient (Wildman–Crippen LogP) is 2.40. The van der Waals surface area contributed by atoms with E-state index in [-0.39, 0.29) is 0 Å². The first-order chi connectivity index (χ1) is 9.17. The number of amides is 1. The number of carboxylic acids is 1. The maximum Gasteiger partial charge on any atom is 0.307 e. The van der Waals surface area contributed by atoms with Gasteiger partial charge in [-0.05, 0) is 17.5 Å². The van der Waals surface area contributed by atoms with E-state index in [0.717, 1.165) is 6.07 Å². The Labute approximate surface area is 112 Å². The average molecular weight is 287 g/mol. The van der Waals surface area contributed by atoms with Gasteiger partial charge in [0, 0.05) is 0 Å². The van der Waals surface area contributed by atoms with Crippen LogP contribution < -0.4 is 5.32 Å². The van der Waals surface area contributed by atoms with Crippen LogP contribution in [-0.4, -0.2) is 17.0 Å². The molecule has 2 rings (SSSR count). The molecule has 1 amide bonds. The van der Waals surface area contributed by atoms with E-state index >= 15 is 0 Å². The number of halogens is 3. The predicted molar refractivity (Wildman–Crippen MR) is 63.3 cm³/mol. The maximum atomic E-state index is 13.4. The fourth-order valence-electron chi connectivity index (χ4n) is 2.42. The number of anilines is 1. The Balaban J connectivity index is 2.18. The number of benzene rings is 1. The summed E-state index contributed by atoms with van der Waals surface area (Å²) in [4.78, 5) is 22.8. The molecule has 1 aromatic carbocycles. The van der Waals surface area contributed by atoms with Gasteiger partial charge in [0.1, 0.15) is 0 Å². The van der Waals surface area contributed by atoms with Crippen molar-refractivity contribution in [3.63, 3.8) is 0 Å². The third-order valence-corrected chi connectivity index (χ3v) is 3.67. The molecule has 1 fully saturated rings. The molecule has 2 N–H and O–H groups in total. The van der Waals surface area contributed by atoms with Crippen LogP contribution in [0.5, 0.6) is 0 Å². The maximum absolute atomic E-state index is 13.4. The van der Waals surface area contributed by atoms with Gasteiger partial charge in [0.05, 0.1) is 17.5 Å². The van der Waals surface area contributed by atoms with Crippen molar-refractivity contribution in [1.82, 2.24) is 0 Å². The number of aliphatic carboxylic acids is 1. The quantitative estimate of drug-likeness (QED) is 0.839. The molecule has 20 heavy (non-hydrogen) atoms. The van der Waals surface area contributed by atoms with E-state index in [1.54, 1.807) is 13.8 Å². The molecule has 2 atom stereocenters. The van der Waals surface area contributed by atoms with Crippen LogP contribution in [0.4, 0.5) is 18.9 Å². The van der Waals surface area contributed by atoms with Crippen LogP contribution >= 0.6 is 0 Å². The molecule has 0 radical (unpaired) electrons. The zero-order valence-electron chi connectivity index (χ0n) is 10.7. The highest BCUT2D eigenvalue weighted by atomic mass is 19.2. The first kappa shape index (κ1) is 14.4. The minimum absolute atomic E-state index is 0.513.